The molecular weight excluding hydrogens is 305 g/mol. The first kappa shape index (κ1) is 16.8. The molecule has 2 rings (SSSR count). The van der Waals surface area contributed by atoms with Crippen molar-refractivity contribution in [3.8, 4) is 11.1 Å². The first-order chi connectivity index (χ1) is 10.7. The first-order valence-corrected chi connectivity index (χ1v) is 6.88. The summed E-state index contributed by atoms with van der Waals surface area (Å²) in [6.45, 7) is 3.95. The number of alkyl halides is 3. The Bertz CT molecular complexity index is 737. The van der Waals surface area contributed by atoms with Crippen LogP contribution < -0.4 is 0 Å². The van der Waals surface area contributed by atoms with E-state index in [1.54, 1.807) is 12.1 Å². The monoisotopic (exact) mass is 320 g/mol. The van der Waals surface area contributed by atoms with E-state index in [4.69, 9.17) is 0 Å². The number of allylic oxidation sites excluding steroid dienone is 1. The summed E-state index contributed by atoms with van der Waals surface area (Å²) in [5.74, 6) is -2.80. The molecule has 0 saturated carbocycles. The Morgan fingerprint density at radius 1 is 0.957 bits per heavy atom. The van der Waals surface area contributed by atoms with Crippen molar-refractivity contribution in [1.82, 2.24) is 0 Å². The number of rotatable bonds is 3. The van der Waals surface area contributed by atoms with Crippen LogP contribution in [0.15, 0.2) is 48.5 Å². The lowest BCUT2D eigenvalue weighted by Crippen LogP contribution is -2.20. The molecule has 2 aromatic rings. The van der Waals surface area contributed by atoms with Crippen LogP contribution in [0.4, 0.5) is 13.2 Å². The second kappa shape index (κ2) is 6.28. The Labute approximate surface area is 131 Å². The largest absolute Gasteiger partial charge is 0.507 e. The number of hydrogen-bond acceptors (Lipinski definition) is 2. The molecule has 0 unspecified atom stereocenters. The molecule has 23 heavy (non-hydrogen) atoms. The van der Waals surface area contributed by atoms with Crippen LogP contribution >= 0.6 is 0 Å². The third-order valence-electron chi connectivity index (χ3n) is 3.28. The number of carbonyl (C=O) groups excluding carboxylic acids is 1. The summed E-state index contributed by atoms with van der Waals surface area (Å²) in [7, 11) is 0. The minimum Gasteiger partial charge on any atom is -0.507 e. The van der Waals surface area contributed by atoms with Gasteiger partial charge in [0.05, 0.1) is 0 Å². The highest BCUT2D eigenvalue weighted by Crippen LogP contribution is 2.25. The number of aryl methyl sites for hydroxylation is 2. The normalized spacial score (nSPS) is 12.3. The molecule has 0 aliphatic carbocycles. The van der Waals surface area contributed by atoms with Gasteiger partial charge >= 0.3 is 6.18 Å². The number of carbonyl (C=O) groups is 1. The molecule has 0 heterocycles. The van der Waals surface area contributed by atoms with Crippen molar-refractivity contribution in [3.63, 3.8) is 0 Å². The molecule has 0 spiro atoms. The molecule has 5 heteroatoms. The minimum atomic E-state index is -4.99. The molecule has 0 saturated heterocycles. The zero-order valence-corrected chi connectivity index (χ0v) is 12.6. The minimum absolute atomic E-state index is 0.149. The molecule has 0 bridgehead atoms. The molecule has 0 radical (unpaired) electrons. The van der Waals surface area contributed by atoms with Gasteiger partial charge in [-0.3, -0.25) is 4.79 Å². The Morgan fingerprint density at radius 3 is 1.96 bits per heavy atom. The van der Waals surface area contributed by atoms with Crippen LogP contribution in [0.2, 0.25) is 0 Å². The van der Waals surface area contributed by atoms with Crippen LogP contribution in [0.3, 0.4) is 0 Å². The maximum absolute atomic E-state index is 12.2. The van der Waals surface area contributed by atoms with Crippen LogP contribution in [0, 0.1) is 13.8 Å². The van der Waals surface area contributed by atoms with Crippen molar-refractivity contribution < 1.29 is 23.1 Å². The Morgan fingerprint density at radius 2 is 1.48 bits per heavy atom. The van der Waals surface area contributed by atoms with Gasteiger partial charge in [-0.15, -0.1) is 0 Å². The molecule has 0 aliphatic rings. The van der Waals surface area contributed by atoms with E-state index in [0.29, 0.717) is 0 Å². The van der Waals surface area contributed by atoms with Crippen molar-refractivity contribution >= 4 is 11.5 Å². The predicted molar refractivity (Wildman–Crippen MR) is 83.0 cm³/mol. The third kappa shape index (κ3) is 4.22. The van der Waals surface area contributed by atoms with Crippen LogP contribution in [-0.4, -0.2) is 17.1 Å². The fourth-order valence-electron chi connectivity index (χ4n) is 2.26. The van der Waals surface area contributed by atoms with Crippen molar-refractivity contribution in [2.24, 2.45) is 0 Å². The molecule has 0 atom stereocenters. The fraction of sp³-hybridized carbons (Fsp3) is 0.167. The second-order valence-electron chi connectivity index (χ2n) is 5.35. The zero-order chi connectivity index (χ0) is 17.2. The number of benzene rings is 2. The van der Waals surface area contributed by atoms with Crippen molar-refractivity contribution in [3.05, 3.63) is 65.2 Å². The lowest BCUT2D eigenvalue weighted by molar-refractivity contribution is -0.165. The van der Waals surface area contributed by atoms with E-state index in [9.17, 15) is 23.1 Å². The van der Waals surface area contributed by atoms with Crippen LogP contribution in [-0.2, 0) is 4.79 Å². The van der Waals surface area contributed by atoms with Gasteiger partial charge in [0, 0.05) is 11.6 Å². The summed E-state index contributed by atoms with van der Waals surface area (Å²) in [5.41, 5.74) is 4.19. The van der Waals surface area contributed by atoms with Gasteiger partial charge < -0.3 is 5.11 Å². The van der Waals surface area contributed by atoms with Crippen molar-refractivity contribution in [2.75, 3.05) is 0 Å². The smallest absolute Gasteiger partial charge is 0.454 e. The molecule has 0 aromatic heterocycles. The van der Waals surface area contributed by atoms with Gasteiger partial charge in [0.1, 0.15) is 5.76 Å². The second-order valence-corrected chi connectivity index (χ2v) is 5.35. The molecule has 0 aliphatic heterocycles. The van der Waals surface area contributed by atoms with Gasteiger partial charge in [-0.25, -0.2) is 0 Å². The van der Waals surface area contributed by atoms with Gasteiger partial charge in [-0.1, -0.05) is 53.6 Å². The highest BCUT2D eigenvalue weighted by Gasteiger charge is 2.36. The summed E-state index contributed by atoms with van der Waals surface area (Å²) in [6.07, 6.45) is -4.81. The number of ketones is 1. The first-order valence-electron chi connectivity index (χ1n) is 6.88. The standard InChI is InChI=1S/C18H15F3O2/c1-11-7-12(2)9-15(8-11)13-3-5-14(6-4-13)16(22)10-17(23)18(19,20)21/h3-10,22H,1-2H3. The van der Waals surface area contributed by atoms with E-state index in [0.717, 1.165) is 22.3 Å². The molecule has 1 N–H and O–H groups in total. The Hall–Kier alpha value is -2.56. The molecule has 2 nitrogen and oxygen atoms in total. The van der Waals surface area contributed by atoms with E-state index >= 15 is 0 Å². The highest BCUT2D eigenvalue weighted by molar-refractivity contribution is 5.99. The molecule has 0 fully saturated rings. The van der Waals surface area contributed by atoms with Gasteiger partial charge in [0.15, 0.2) is 0 Å². The number of hydrogen-bond donors (Lipinski definition) is 1. The zero-order valence-electron chi connectivity index (χ0n) is 12.6. The fourth-order valence-corrected chi connectivity index (χ4v) is 2.26. The van der Waals surface area contributed by atoms with E-state index < -0.39 is 17.7 Å². The lowest BCUT2D eigenvalue weighted by Gasteiger charge is -2.07. The molecule has 0 amide bonds. The average molecular weight is 320 g/mol. The van der Waals surface area contributed by atoms with Crippen LogP contribution in [0.5, 0.6) is 0 Å². The SMILES string of the molecule is Cc1cc(C)cc(-c2ccc(C(O)=CC(=O)C(F)(F)F)cc2)c1. The van der Waals surface area contributed by atoms with E-state index in [-0.39, 0.29) is 11.6 Å². The van der Waals surface area contributed by atoms with E-state index in [2.05, 4.69) is 0 Å². The quantitative estimate of drug-likeness (QED) is 0.638. The van der Waals surface area contributed by atoms with Gasteiger partial charge in [-0.05, 0) is 25.0 Å². The van der Waals surface area contributed by atoms with Gasteiger partial charge in [0.25, 0.3) is 5.78 Å². The number of aliphatic hydroxyl groups excluding tert-OH is 1. The summed E-state index contributed by atoms with van der Waals surface area (Å²) < 4.78 is 36.5. The van der Waals surface area contributed by atoms with Gasteiger partial charge in [-0.2, -0.15) is 13.2 Å². The third-order valence-corrected chi connectivity index (χ3v) is 3.28. The highest BCUT2D eigenvalue weighted by atomic mass is 19.4. The summed E-state index contributed by atoms with van der Waals surface area (Å²) in [6, 6.07) is 12.3. The van der Waals surface area contributed by atoms with E-state index in [1.165, 1.54) is 12.1 Å². The topological polar surface area (TPSA) is 37.3 Å². The Kier molecular flexibility index (Phi) is 4.59. The summed E-state index contributed by atoms with van der Waals surface area (Å²) in [4.78, 5) is 10.9. The molecule has 120 valence electrons. The van der Waals surface area contributed by atoms with Gasteiger partial charge in [0.2, 0.25) is 0 Å². The summed E-state index contributed by atoms with van der Waals surface area (Å²) >= 11 is 0. The maximum Gasteiger partial charge on any atom is 0.454 e. The van der Waals surface area contributed by atoms with Crippen LogP contribution in [0.25, 0.3) is 16.9 Å². The molecule has 2 aromatic carbocycles. The van der Waals surface area contributed by atoms with Crippen molar-refractivity contribution in [1.29, 1.82) is 0 Å². The van der Waals surface area contributed by atoms with Crippen molar-refractivity contribution in [2.45, 2.75) is 20.0 Å². The predicted octanol–water partition coefficient (Wildman–Crippen LogP) is 5.00. The number of aliphatic hydroxyl groups is 1. The van der Waals surface area contributed by atoms with E-state index in [1.807, 2.05) is 32.0 Å². The summed E-state index contributed by atoms with van der Waals surface area (Å²) in [5, 5.41) is 9.64. The number of halogens is 3. The van der Waals surface area contributed by atoms with Crippen LogP contribution in [0.1, 0.15) is 16.7 Å². The average Bonchev–Trinajstić information content (AvgIpc) is 2.45. The Balaban J connectivity index is 2.29. The lowest BCUT2D eigenvalue weighted by atomic mass is 9.99. The molecular formula is C18H15F3O2. The maximum atomic E-state index is 12.2.